The third-order valence-electron chi connectivity index (χ3n) is 4.30. The average Bonchev–Trinajstić information content (AvgIpc) is 2.63. The Morgan fingerprint density at radius 1 is 1.30 bits per heavy atom. The van der Waals surface area contributed by atoms with Crippen molar-refractivity contribution in [2.45, 2.75) is 31.8 Å². The van der Waals surface area contributed by atoms with E-state index in [0.717, 1.165) is 17.6 Å². The van der Waals surface area contributed by atoms with Gasteiger partial charge in [0.15, 0.2) is 0 Å². The maximum absolute atomic E-state index is 6.11. The minimum absolute atomic E-state index is 0.333. The zero-order valence-corrected chi connectivity index (χ0v) is 14.1. The lowest BCUT2D eigenvalue weighted by molar-refractivity contribution is 0.131. The van der Waals surface area contributed by atoms with Crippen LogP contribution in [0.4, 0.5) is 0 Å². The van der Waals surface area contributed by atoms with Crippen molar-refractivity contribution in [3.05, 3.63) is 34.3 Å². The van der Waals surface area contributed by atoms with Crippen molar-refractivity contribution in [3.63, 3.8) is 0 Å². The van der Waals surface area contributed by atoms with Gasteiger partial charge in [-0.15, -0.1) is 0 Å². The number of likely N-dealkylation sites (N-methyl/N-ethyl adjacent to an activating group) is 1. The molecule has 0 aromatic heterocycles. The molecule has 1 fully saturated rings. The molecule has 112 valence electrons. The molecule has 1 saturated heterocycles. The second kappa shape index (κ2) is 7.55. The summed E-state index contributed by atoms with van der Waals surface area (Å²) in [6, 6.07) is 9.55. The van der Waals surface area contributed by atoms with E-state index < -0.39 is 0 Å². The first-order chi connectivity index (χ1) is 9.65. The highest BCUT2D eigenvalue weighted by Gasteiger charge is 2.28. The van der Waals surface area contributed by atoms with E-state index in [2.05, 4.69) is 64.0 Å². The standard InChI is InChI=1S/C16H26BrN3/c1-3-15-12-19(2)9-4-10-20(15)16(11-18)13-5-7-14(17)8-6-13/h5-8,15-16H,3-4,9-12,18H2,1-2H3. The number of nitrogens with zero attached hydrogens (tertiary/aromatic N) is 2. The molecule has 2 atom stereocenters. The van der Waals surface area contributed by atoms with Crippen LogP contribution in [-0.4, -0.2) is 49.1 Å². The van der Waals surface area contributed by atoms with Crippen molar-refractivity contribution in [1.82, 2.24) is 9.80 Å². The fraction of sp³-hybridized carbons (Fsp3) is 0.625. The van der Waals surface area contributed by atoms with Crippen molar-refractivity contribution in [1.29, 1.82) is 0 Å². The molecule has 2 unspecified atom stereocenters. The Bertz CT molecular complexity index is 407. The molecular weight excluding hydrogens is 314 g/mol. The van der Waals surface area contributed by atoms with Crippen LogP contribution in [0.25, 0.3) is 0 Å². The second-order valence-electron chi connectivity index (χ2n) is 5.72. The molecule has 20 heavy (non-hydrogen) atoms. The Morgan fingerprint density at radius 2 is 2.00 bits per heavy atom. The third kappa shape index (κ3) is 3.82. The van der Waals surface area contributed by atoms with Crippen LogP contribution in [-0.2, 0) is 0 Å². The molecule has 4 heteroatoms. The molecule has 1 aromatic rings. The van der Waals surface area contributed by atoms with Crippen LogP contribution in [0.5, 0.6) is 0 Å². The molecule has 2 N–H and O–H groups in total. The lowest BCUT2D eigenvalue weighted by atomic mass is 10.0. The summed E-state index contributed by atoms with van der Waals surface area (Å²) < 4.78 is 1.12. The first-order valence-electron chi connectivity index (χ1n) is 7.55. The minimum Gasteiger partial charge on any atom is -0.329 e. The van der Waals surface area contributed by atoms with Gasteiger partial charge in [-0.05, 0) is 44.1 Å². The Balaban J connectivity index is 2.21. The van der Waals surface area contributed by atoms with Crippen molar-refractivity contribution in [2.75, 3.05) is 33.2 Å². The van der Waals surface area contributed by atoms with Crippen molar-refractivity contribution in [2.24, 2.45) is 5.73 Å². The normalized spacial score (nSPS) is 23.5. The molecule has 0 amide bonds. The molecule has 2 rings (SSSR count). The van der Waals surface area contributed by atoms with E-state index >= 15 is 0 Å². The van der Waals surface area contributed by atoms with Gasteiger partial charge in [0.1, 0.15) is 0 Å². The Labute approximate surface area is 131 Å². The number of rotatable bonds is 4. The van der Waals surface area contributed by atoms with E-state index in [4.69, 9.17) is 5.73 Å². The number of hydrogen-bond acceptors (Lipinski definition) is 3. The van der Waals surface area contributed by atoms with Gasteiger partial charge in [-0.1, -0.05) is 35.0 Å². The average molecular weight is 340 g/mol. The fourth-order valence-corrected chi connectivity index (χ4v) is 3.45. The summed E-state index contributed by atoms with van der Waals surface area (Å²) in [6.07, 6.45) is 2.40. The van der Waals surface area contributed by atoms with E-state index in [1.165, 1.54) is 24.9 Å². The minimum atomic E-state index is 0.333. The highest BCUT2D eigenvalue weighted by molar-refractivity contribution is 9.10. The molecule has 1 aliphatic rings. The zero-order valence-electron chi connectivity index (χ0n) is 12.6. The molecule has 0 saturated carbocycles. The van der Waals surface area contributed by atoms with Gasteiger partial charge in [0, 0.05) is 36.2 Å². The molecule has 3 nitrogen and oxygen atoms in total. The second-order valence-corrected chi connectivity index (χ2v) is 6.63. The predicted octanol–water partition coefficient (Wildman–Crippen LogP) is 2.87. The van der Waals surface area contributed by atoms with Crippen molar-refractivity contribution < 1.29 is 0 Å². The van der Waals surface area contributed by atoms with E-state index in [1.807, 2.05) is 0 Å². The van der Waals surface area contributed by atoms with Crippen molar-refractivity contribution in [3.8, 4) is 0 Å². The Morgan fingerprint density at radius 3 is 2.60 bits per heavy atom. The summed E-state index contributed by atoms with van der Waals surface area (Å²) in [7, 11) is 2.23. The molecule has 0 bridgehead atoms. The van der Waals surface area contributed by atoms with Crippen LogP contribution in [0.3, 0.4) is 0 Å². The highest BCUT2D eigenvalue weighted by atomic mass is 79.9. The van der Waals surface area contributed by atoms with Gasteiger partial charge in [0.2, 0.25) is 0 Å². The van der Waals surface area contributed by atoms with Gasteiger partial charge in [-0.3, -0.25) is 4.90 Å². The zero-order chi connectivity index (χ0) is 14.5. The summed E-state index contributed by atoms with van der Waals surface area (Å²) in [6.45, 7) is 6.43. The Kier molecular flexibility index (Phi) is 6.02. The predicted molar refractivity (Wildman–Crippen MR) is 88.8 cm³/mol. The smallest absolute Gasteiger partial charge is 0.0473 e. The number of halogens is 1. The number of nitrogens with two attached hydrogens (primary N) is 1. The van der Waals surface area contributed by atoms with Crippen LogP contribution < -0.4 is 5.73 Å². The molecule has 0 aliphatic carbocycles. The third-order valence-corrected chi connectivity index (χ3v) is 4.83. The summed E-state index contributed by atoms with van der Waals surface area (Å²) in [5, 5.41) is 0. The van der Waals surface area contributed by atoms with Crippen molar-refractivity contribution >= 4 is 15.9 Å². The van der Waals surface area contributed by atoms with Gasteiger partial charge in [-0.25, -0.2) is 0 Å². The molecule has 1 aromatic carbocycles. The molecule has 1 heterocycles. The van der Waals surface area contributed by atoms with Gasteiger partial charge >= 0.3 is 0 Å². The van der Waals surface area contributed by atoms with Gasteiger partial charge < -0.3 is 10.6 Å². The molecular formula is C16H26BrN3. The van der Waals surface area contributed by atoms with Crippen LogP contribution >= 0.6 is 15.9 Å². The van der Waals surface area contributed by atoms with E-state index in [9.17, 15) is 0 Å². The van der Waals surface area contributed by atoms with E-state index in [1.54, 1.807) is 0 Å². The van der Waals surface area contributed by atoms with Gasteiger partial charge in [-0.2, -0.15) is 0 Å². The quantitative estimate of drug-likeness (QED) is 0.915. The maximum atomic E-state index is 6.11. The summed E-state index contributed by atoms with van der Waals surface area (Å²) in [4.78, 5) is 5.07. The van der Waals surface area contributed by atoms with E-state index in [0.29, 0.717) is 18.6 Å². The SMILES string of the molecule is CCC1CN(C)CCCN1C(CN)c1ccc(Br)cc1. The monoisotopic (exact) mass is 339 g/mol. The molecule has 0 spiro atoms. The van der Waals surface area contributed by atoms with E-state index in [-0.39, 0.29) is 0 Å². The first-order valence-corrected chi connectivity index (χ1v) is 8.34. The topological polar surface area (TPSA) is 32.5 Å². The lowest BCUT2D eigenvalue weighted by Gasteiger charge is -2.37. The van der Waals surface area contributed by atoms with Crippen LogP contribution in [0.1, 0.15) is 31.4 Å². The highest BCUT2D eigenvalue weighted by Crippen LogP contribution is 2.26. The Hall–Kier alpha value is -0.420. The van der Waals surface area contributed by atoms with Crippen LogP contribution in [0.15, 0.2) is 28.7 Å². The number of hydrogen-bond donors (Lipinski definition) is 1. The number of benzene rings is 1. The fourth-order valence-electron chi connectivity index (χ4n) is 3.18. The van der Waals surface area contributed by atoms with Crippen LogP contribution in [0.2, 0.25) is 0 Å². The summed E-state index contributed by atoms with van der Waals surface area (Å²) in [5.41, 5.74) is 7.44. The lowest BCUT2D eigenvalue weighted by Crippen LogP contribution is -2.44. The summed E-state index contributed by atoms with van der Waals surface area (Å²) >= 11 is 3.51. The van der Waals surface area contributed by atoms with Gasteiger partial charge in [0.25, 0.3) is 0 Å². The van der Waals surface area contributed by atoms with Gasteiger partial charge in [0.05, 0.1) is 0 Å². The van der Waals surface area contributed by atoms with Crippen LogP contribution in [0, 0.1) is 0 Å². The molecule has 1 aliphatic heterocycles. The largest absolute Gasteiger partial charge is 0.329 e. The molecule has 0 radical (unpaired) electrons. The maximum Gasteiger partial charge on any atom is 0.0473 e. The summed E-state index contributed by atoms with van der Waals surface area (Å²) in [5.74, 6) is 0. The first kappa shape index (κ1) is 16.0.